The van der Waals surface area contributed by atoms with Gasteiger partial charge in [0.05, 0.1) is 24.8 Å². The minimum atomic E-state index is -4.25. The van der Waals surface area contributed by atoms with Gasteiger partial charge in [-0.2, -0.15) is 0 Å². The molecule has 1 atom stereocenters. The molecule has 0 aliphatic rings. The van der Waals surface area contributed by atoms with E-state index in [1.54, 1.807) is 24.3 Å². The van der Waals surface area contributed by atoms with E-state index in [2.05, 4.69) is 5.32 Å². The zero-order valence-electron chi connectivity index (χ0n) is 27.6. The summed E-state index contributed by atoms with van der Waals surface area (Å²) in [5, 5.41) is 3.00. The molecule has 47 heavy (non-hydrogen) atoms. The summed E-state index contributed by atoms with van der Waals surface area (Å²) in [5.41, 5.74) is 2.77. The molecular formula is C37H43N3O6S. The molecule has 0 aliphatic heterocycles. The number of aryl methyl sites for hydroxylation is 1. The maximum Gasteiger partial charge on any atom is 0.264 e. The Morgan fingerprint density at radius 1 is 0.787 bits per heavy atom. The molecule has 0 aromatic heterocycles. The van der Waals surface area contributed by atoms with E-state index in [1.807, 2.05) is 81.4 Å². The normalized spacial score (nSPS) is 11.9. The summed E-state index contributed by atoms with van der Waals surface area (Å²) in [6, 6.07) is 29.0. The van der Waals surface area contributed by atoms with E-state index >= 15 is 0 Å². The number of anilines is 1. The van der Waals surface area contributed by atoms with Crippen LogP contribution in [0.4, 0.5) is 5.69 Å². The molecule has 2 amide bonds. The topological polar surface area (TPSA) is 105 Å². The summed E-state index contributed by atoms with van der Waals surface area (Å²) < 4.78 is 40.5. The highest BCUT2D eigenvalue weighted by atomic mass is 32.2. The van der Waals surface area contributed by atoms with Gasteiger partial charge in [-0.25, -0.2) is 8.42 Å². The number of sulfonamides is 1. The summed E-state index contributed by atoms with van der Waals surface area (Å²) in [7, 11) is -1.31. The van der Waals surface area contributed by atoms with E-state index in [-0.39, 0.29) is 35.4 Å². The Balaban J connectivity index is 1.82. The third-order valence-electron chi connectivity index (χ3n) is 7.69. The van der Waals surface area contributed by atoms with Crippen molar-refractivity contribution in [3.63, 3.8) is 0 Å². The molecule has 0 bridgehead atoms. The van der Waals surface area contributed by atoms with Crippen molar-refractivity contribution in [2.75, 3.05) is 31.6 Å². The van der Waals surface area contributed by atoms with Crippen molar-refractivity contribution < 1.29 is 27.5 Å². The SMILES string of the molecule is COc1ccc(N(CC(=O)N(Cc2ccccc2)C(Cc2ccccc2)C(=O)NCC(C)C)S(=O)(=O)c2ccc(C)cc2)cc1OC. The lowest BCUT2D eigenvalue weighted by atomic mass is 10.0. The first-order valence-corrected chi connectivity index (χ1v) is 16.9. The summed E-state index contributed by atoms with van der Waals surface area (Å²) in [6.45, 7) is 5.81. The number of benzene rings is 4. The van der Waals surface area contributed by atoms with Gasteiger partial charge < -0.3 is 19.7 Å². The molecular weight excluding hydrogens is 614 g/mol. The van der Waals surface area contributed by atoms with Gasteiger partial charge in [0.25, 0.3) is 10.0 Å². The maximum atomic E-state index is 14.6. The third kappa shape index (κ3) is 9.13. The van der Waals surface area contributed by atoms with Gasteiger partial charge in [-0.1, -0.05) is 92.2 Å². The number of rotatable bonds is 15. The van der Waals surface area contributed by atoms with Gasteiger partial charge >= 0.3 is 0 Å². The average molecular weight is 658 g/mol. The number of carbonyl (C=O) groups is 2. The highest BCUT2D eigenvalue weighted by molar-refractivity contribution is 7.92. The number of hydrogen-bond acceptors (Lipinski definition) is 6. The summed E-state index contributed by atoms with van der Waals surface area (Å²) in [5.74, 6) is 0.0454. The highest BCUT2D eigenvalue weighted by Crippen LogP contribution is 2.34. The molecule has 4 rings (SSSR count). The number of ether oxygens (including phenoxy) is 2. The first-order chi connectivity index (χ1) is 22.5. The predicted octanol–water partition coefficient (Wildman–Crippen LogP) is 5.62. The average Bonchev–Trinajstić information content (AvgIpc) is 3.08. The van der Waals surface area contributed by atoms with Crippen molar-refractivity contribution in [1.29, 1.82) is 0 Å². The Kier molecular flexibility index (Phi) is 12.0. The van der Waals surface area contributed by atoms with Crippen LogP contribution in [0.2, 0.25) is 0 Å². The molecule has 0 saturated carbocycles. The number of nitrogens with zero attached hydrogens (tertiary/aromatic N) is 2. The molecule has 1 unspecified atom stereocenters. The lowest BCUT2D eigenvalue weighted by molar-refractivity contribution is -0.140. The van der Waals surface area contributed by atoms with Crippen LogP contribution >= 0.6 is 0 Å². The number of methoxy groups -OCH3 is 2. The molecule has 10 heteroatoms. The predicted molar refractivity (Wildman–Crippen MR) is 184 cm³/mol. The number of carbonyl (C=O) groups excluding carboxylic acids is 2. The minimum absolute atomic E-state index is 0.0239. The standard InChI is InChI=1S/C37H43N3O6S/c1-27(2)24-38-37(42)33(22-29-12-8-6-9-13-29)39(25-30-14-10-7-11-15-30)36(41)26-40(31-18-21-34(45-4)35(23-31)46-5)47(43,44)32-19-16-28(3)17-20-32/h6-21,23,27,33H,22,24-26H2,1-5H3,(H,38,42). The van der Waals surface area contributed by atoms with E-state index in [4.69, 9.17) is 9.47 Å². The molecule has 0 fully saturated rings. The lowest BCUT2D eigenvalue weighted by Gasteiger charge is -2.34. The molecule has 0 aliphatic carbocycles. The van der Waals surface area contributed by atoms with E-state index < -0.39 is 28.5 Å². The van der Waals surface area contributed by atoms with E-state index in [0.717, 1.165) is 21.0 Å². The van der Waals surface area contributed by atoms with Crippen molar-refractivity contribution in [1.82, 2.24) is 10.2 Å². The van der Waals surface area contributed by atoms with E-state index in [1.165, 1.54) is 37.3 Å². The fourth-order valence-electron chi connectivity index (χ4n) is 5.10. The quantitative estimate of drug-likeness (QED) is 0.178. The van der Waals surface area contributed by atoms with Gasteiger partial charge in [-0.3, -0.25) is 13.9 Å². The Morgan fingerprint density at radius 3 is 1.96 bits per heavy atom. The minimum Gasteiger partial charge on any atom is -0.493 e. The van der Waals surface area contributed by atoms with Crippen LogP contribution in [0.15, 0.2) is 108 Å². The third-order valence-corrected chi connectivity index (χ3v) is 9.48. The fourth-order valence-corrected chi connectivity index (χ4v) is 6.51. The van der Waals surface area contributed by atoms with Gasteiger partial charge in [0.1, 0.15) is 12.6 Å². The molecule has 0 heterocycles. The van der Waals surface area contributed by atoms with Crippen LogP contribution in [0.5, 0.6) is 11.5 Å². The summed E-state index contributed by atoms with van der Waals surface area (Å²) >= 11 is 0. The van der Waals surface area contributed by atoms with E-state index in [9.17, 15) is 18.0 Å². The van der Waals surface area contributed by atoms with Crippen molar-refractivity contribution >= 4 is 27.5 Å². The molecule has 1 N–H and O–H groups in total. The molecule has 4 aromatic carbocycles. The van der Waals surface area contributed by atoms with Crippen LogP contribution in [0.1, 0.15) is 30.5 Å². The van der Waals surface area contributed by atoms with Crippen molar-refractivity contribution in [3.05, 3.63) is 120 Å². The zero-order valence-corrected chi connectivity index (χ0v) is 28.4. The number of hydrogen-bond donors (Lipinski definition) is 1. The van der Waals surface area contributed by atoms with E-state index in [0.29, 0.717) is 18.0 Å². The van der Waals surface area contributed by atoms with Gasteiger partial charge in [0, 0.05) is 25.6 Å². The Hall–Kier alpha value is -4.83. The Labute approximate surface area is 278 Å². The maximum absolute atomic E-state index is 14.6. The van der Waals surface area contributed by atoms with Gasteiger partial charge in [0.2, 0.25) is 11.8 Å². The highest BCUT2D eigenvalue weighted by Gasteiger charge is 2.35. The first-order valence-electron chi connectivity index (χ1n) is 15.5. The van der Waals surface area contributed by atoms with Crippen molar-refractivity contribution in [2.45, 2.75) is 44.7 Å². The van der Waals surface area contributed by atoms with Crippen LogP contribution < -0.4 is 19.1 Å². The zero-order chi connectivity index (χ0) is 34.0. The molecule has 0 spiro atoms. The second-order valence-electron chi connectivity index (χ2n) is 11.7. The molecule has 0 saturated heterocycles. The first kappa shape index (κ1) is 35.0. The fraction of sp³-hybridized carbons (Fsp3) is 0.297. The number of nitrogens with one attached hydrogen (secondary N) is 1. The molecule has 248 valence electrons. The largest absolute Gasteiger partial charge is 0.493 e. The molecule has 9 nitrogen and oxygen atoms in total. The van der Waals surface area contributed by atoms with Gasteiger partial charge in [-0.05, 0) is 48.2 Å². The second kappa shape index (κ2) is 16.1. The monoisotopic (exact) mass is 657 g/mol. The smallest absolute Gasteiger partial charge is 0.264 e. The van der Waals surface area contributed by atoms with Crippen LogP contribution in [0, 0.1) is 12.8 Å². The Morgan fingerprint density at radius 2 is 1.38 bits per heavy atom. The van der Waals surface area contributed by atoms with Crippen LogP contribution in [0.25, 0.3) is 0 Å². The van der Waals surface area contributed by atoms with Crippen molar-refractivity contribution in [2.24, 2.45) is 5.92 Å². The second-order valence-corrected chi connectivity index (χ2v) is 13.6. The number of amides is 2. The van der Waals surface area contributed by atoms with Crippen molar-refractivity contribution in [3.8, 4) is 11.5 Å². The van der Waals surface area contributed by atoms with Crippen LogP contribution in [-0.4, -0.2) is 58.5 Å². The molecule has 0 radical (unpaired) electrons. The summed E-state index contributed by atoms with van der Waals surface area (Å²) in [6.07, 6.45) is 0.240. The van der Waals surface area contributed by atoms with Gasteiger partial charge in [0.15, 0.2) is 11.5 Å². The summed E-state index contributed by atoms with van der Waals surface area (Å²) in [4.78, 5) is 30.0. The van der Waals surface area contributed by atoms with Crippen LogP contribution in [-0.2, 0) is 32.6 Å². The lowest BCUT2D eigenvalue weighted by Crippen LogP contribution is -2.53. The van der Waals surface area contributed by atoms with Gasteiger partial charge in [-0.15, -0.1) is 0 Å². The molecule has 4 aromatic rings. The van der Waals surface area contributed by atoms with Crippen LogP contribution in [0.3, 0.4) is 0 Å². The Bertz CT molecular complexity index is 1730.